The van der Waals surface area contributed by atoms with Crippen molar-refractivity contribution in [3.8, 4) is 6.07 Å². The molecule has 0 radical (unpaired) electrons. The summed E-state index contributed by atoms with van der Waals surface area (Å²) in [5.74, 6) is -0.389. The lowest BCUT2D eigenvalue weighted by Crippen LogP contribution is -2.19. The average Bonchev–Trinajstić information content (AvgIpc) is 3.70. The van der Waals surface area contributed by atoms with Crippen LogP contribution in [0, 0.1) is 21.4 Å². The van der Waals surface area contributed by atoms with Crippen LogP contribution in [0.4, 0.5) is 15.7 Å². The predicted octanol–water partition coefficient (Wildman–Crippen LogP) is 8.14. The number of thioether (sulfide) groups is 2. The molecule has 3 aromatic heterocycles. The molecule has 52 heavy (non-hydrogen) atoms. The fourth-order valence-electron chi connectivity index (χ4n) is 6.09. The van der Waals surface area contributed by atoms with Crippen molar-refractivity contribution in [1.82, 2.24) is 4.98 Å². The van der Waals surface area contributed by atoms with Crippen molar-refractivity contribution in [2.24, 2.45) is 5.73 Å². The summed E-state index contributed by atoms with van der Waals surface area (Å²) in [4.78, 5) is 54.4. The Morgan fingerprint density at radius 1 is 0.827 bits per heavy atom. The van der Waals surface area contributed by atoms with Crippen molar-refractivity contribution in [2.45, 2.75) is 61.3 Å². The molecule has 0 spiro atoms. The number of nitro benzene ring substituents is 1. The van der Waals surface area contributed by atoms with E-state index in [9.17, 15) is 29.8 Å². The Bertz CT molecular complexity index is 2190. The number of non-ortho nitro benzene ring substituents is 1. The number of primary amides is 1. The van der Waals surface area contributed by atoms with Crippen molar-refractivity contribution >= 4 is 90.5 Å². The number of hydrogen-bond acceptors (Lipinski definition) is 11. The molecule has 11 nitrogen and oxygen atoms in total. The summed E-state index contributed by atoms with van der Waals surface area (Å²) in [6.07, 6.45) is 8.07. The van der Waals surface area contributed by atoms with E-state index in [1.165, 1.54) is 68.1 Å². The number of nitro groups is 1. The van der Waals surface area contributed by atoms with Crippen LogP contribution in [0.5, 0.6) is 0 Å². The Hall–Kier alpha value is -4.75. The third-order valence-electron chi connectivity index (χ3n) is 8.55. The van der Waals surface area contributed by atoms with Crippen LogP contribution in [0.25, 0.3) is 10.9 Å². The quantitative estimate of drug-likeness (QED) is 0.0717. The van der Waals surface area contributed by atoms with E-state index in [1.807, 2.05) is 36.4 Å². The van der Waals surface area contributed by atoms with E-state index in [1.54, 1.807) is 12.1 Å². The largest absolute Gasteiger partial charge is 0.365 e. The number of hydrogen-bond donors (Lipinski definition) is 3. The summed E-state index contributed by atoms with van der Waals surface area (Å²) in [6, 6.07) is 20.1. The minimum Gasteiger partial charge on any atom is -0.365 e. The van der Waals surface area contributed by atoms with Crippen LogP contribution in [-0.2, 0) is 35.3 Å². The molecule has 0 unspecified atom stereocenters. The number of thiophene rings is 2. The highest BCUT2D eigenvalue weighted by Gasteiger charge is 2.25. The van der Waals surface area contributed by atoms with Crippen LogP contribution < -0.4 is 16.4 Å². The Morgan fingerprint density at radius 2 is 1.44 bits per heavy atom. The normalized spacial score (nSPS) is 13.1. The zero-order valence-electron chi connectivity index (χ0n) is 27.9. The van der Waals surface area contributed by atoms with E-state index in [-0.39, 0.29) is 29.0 Å². The third-order valence-corrected chi connectivity index (χ3v) is 12.9. The second kappa shape index (κ2) is 17.2. The van der Waals surface area contributed by atoms with E-state index >= 15 is 0 Å². The maximum Gasteiger partial charge on any atom is 0.269 e. The number of aromatic nitrogens is 1. The lowest BCUT2D eigenvalue weighted by molar-refractivity contribution is -0.384. The topological polar surface area (TPSA) is 181 Å². The molecule has 0 saturated heterocycles. The number of para-hydroxylation sites is 1. The number of nitrogens with two attached hydrogens (primary N) is 1. The zero-order valence-corrected chi connectivity index (χ0v) is 31.2. The molecular weight excluding hydrogens is 737 g/mol. The van der Waals surface area contributed by atoms with Gasteiger partial charge in [0.1, 0.15) is 16.1 Å². The summed E-state index contributed by atoms with van der Waals surface area (Å²) < 4.78 is 0. The van der Waals surface area contributed by atoms with E-state index in [4.69, 9.17) is 5.73 Å². The Balaban J connectivity index is 0.000000179. The number of fused-ring (bicyclic) bond motifs is 3. The number of anilines is 2. The number of pyridine rings is 1. The molecule has 266 valence electrons. The Kier molecular flexibility index (Phi) is 12.2. The van der Waals surface area contributed by atoms with Gasteiger partial charge in [-0.15, -0.1) is 34.4 Å². The van der Waals surface area contributed by atoms with Gasteiger partial charge < -0.3 is 16.4 Å². The van der Waals surface area contributed by atoms with Gasteiger partial charge in [-0.1, -0.05) is 36.0 Å². The van der Waals surface area contributed by atoms with Crippen LogP contribution in [0.15, 0.2) is 70.6 Å². The molecule has 2 aromatic carbocycles. The van der Waals surface area contributed by atoms with Crippen LogP contribution in [0.1, 0.15) is 62.5 Å². The number of nitrogens with one attached hydrogen (secondary N) is 2. The predicted molar refractivity (Wildman–Crippen MR) is 209 cm³/mol. The van der Waals surface area contributed by atoms with Crippen LogP contribution >= 0.6 is 46.2 Å². The molecule has 0 aliphatic heterocycles. The van der Waals surface area contributed by atoms with Crippen molar-refractivity contribution < 1.29 is 19.3 Å². The van der Waals surface area contributed by atoms with Gasteiger partial charge >= 0.3 is 0 Å². The molecule has 3 amide bonds. The molecule has 5 aromatic rings. The molecule has 0 saturated carbocycles. The highest BCUT2D eigenvalue weighted by atomic mass is 32.2. The molecule has 0 bridgehead atoms. The number of carbonyl (C=O) groups is 3. The Morgan fingerprint density at radius 3 is 2.13 bits per heavy atom. The molecule has 0 atom stereocenters. The maximum absolute atomic E-state index is 12.4. The Labute approximate surface area is 316 Å². The summed E-state index contributed by atoms with van der Waals surface area (Å²) in [6.45, 7) is 0. The molecule has 7 rings (SSSR count). The minimum atomic E-state index is -0.464. The summed E-state index contributed by atoms with van der Waals surface area (Å²) in [5.41, 5.74) is 9.73. The lowest BCUT2D eigenvalue weighted by atomic mass is 9.95. The SMILES string of the molecule is N#Cc1c(NC(=O)CSc2ccc([N+](=O)[O-])cc2)sc2c1CCCC2.NC(=O)c1c(NC(=O)CSc2ccc3ccccc3n2)sc2c1CCCC2. The number of nitriles is 1. The van der Waals surface area contributed by atoms with Crippen LogP contribution in [0.3, 0.4) is 0 Å². The second-order valence-corrected chi connectivity index (χ2v) is 16.3. The molecule has 3 heterocycles. The van der Waals surface area contributed by atoms with E-state index in [0.29, 0.717) is 21.1 Å². The van der Waals surface area contributed by atoms with Gasteiger partial charge in [-0.25, -0.2) is 4.98 Å². The highest BCUT2D eigenvalue weighted by Crippen LogP contribution is 2.39. The summed E-state index contributed by atoms with van der Waals surface area (Å²) >= 11 is 5.67. The molecule has 15 heteroatoms. The van der Waals surface area contributed by atoms with Gasteiger partial charge in [-0.3, -0.25) is 24.5 Å². The van der Waals surface area contributed by atoms with Gasteiger partial charge in [0, 0.05) is 32.2 Å². The van der Waals surface area contributed by atoms with Crippen LogP contribution in [0.2, 0.25) is 0 Å². The average molecular weight is 771 g/mol. The zero-order chi connectivity index (χ0) is 36.6. The van der Waals surface area contributed by atoms with E-state index in [0.717, 1.165) is 83.3 Å². The number of carbonyl (C=O) groups excluding carboxylic acids is 3. The first-order chi connectivity index (χ1) is 25.2. The number of aryl methyl sites for hydroxylation is 2. The maximum atomic E-state index is 12.4. The number of nitrogens with zero attached hydrogens (tertiary/aromatic N) is 3. The standard InChI is InChI=1S/C20H19N3O2S2.C17H15N3O3S2/c21-19(25)18-13-6-2-4-8-15(13)27-20(18)23-16(24)11-26-17-10-9-12-5-1-3-7-14(12)22-17;18-9-14-13-3-1-2-4-15(13)25-17(14)19-16(21)10-24-12-7-5-11(6-8-12)20(22)23/h1,3,5,7,9-10H,2,4,6,8,11H2,(H2,21,25)(H,23,24);5-8H,1-4,10H2,(H,19,21). The first-order valence-corrected chi connectivity index (χ1v) is 20.2. The molecule has 0 fully saturated rings. The van der Waals surface area contributed by atoms with Crippen molar-refractivity contribution in [2.75, 3.05) is 22.1 Å². The summed E-state index contributed by atoms with van der Waals surface area (Å²) in [5, 5.41) is 28.9. The lowest BCUT2D eigenvalue weighted by Gasteiger charge is -2.11. The van der Waals surface area contributed by atoms with Gasteiger partial charge in [-0.05, 0) is 86.8 Å². The smallest absolute Gasteiger partial charge is 0.269 e. The van der Waals surface area contributed by atoms with Crippen molar-refractivity contribution in [3.63, 3.8) is 0 Å². The highest BCUT2D eigenvalue weighted by molar-refractivity contribution is 8.00. The van der Waals surface area contributed by atoms with E-state index < -0.39 is 10.8 Å². The van der Waals surface area contributed by atoms with Crippen molar-refractivity contribution in [1.29, 1.82) is 5.26 Å². The molecule has 2 aliphatic carbocycles. The van der Waals surface area contributed by atoms with Gasteiger partial charge in [-0.2, -0.15) is 5.26 Å². The minimum absolute atomic E-state index is 0.0247. The third kappa shape index (κ3) is 8.99. The van der Waals surface area contributed by atoms with Gasteiger partial charge in [0.2, 0.25) is 11.8 Å². The molecule has 4 N–H and O–H groups in total. The second-order valence-electron chi connectivity index (χ2n) is 12.1. The summed E-state index contributed by atoms with van der Waals surface area (Å²) in [7, 11) is 0. The number of amides is 3. The molecule has 2 aliphatic rings. The molecular formula is C37H34N6O5S4. The van der Waals surface area contributed by atoms with E-state index in [2.05, 4.69) is 21.7 Å². The number of rotatable bonds is 10. The van der Waals surface area contributed by atoms with Gasteiger partial charge in [0.25, 0.3) is 11.6 Å². The van der Waals surface area contributed by atoms with Crippen molar-refractivity contribution in [3.05, 3.63) is 103 Å². The van der Waals surface area contributed by atoms with Crippen LogP contribution in [-0.4, -0.2) is 39.1 Å². The fourth-order valence-corrected chi connectivity index (χ4v) is 10.0. The first kappa shape index (κ1) is 37.0. The first-order valence-electron chi connectivity index (χ1n) is 16.6. The fraction of sp³-hybridized carbons (Fsp3) is 0.270. The van der Waals surface area contributed by atoms with Gasteiger partial charge in [0.05, 0.1) is 38.1 Å². The van der Waals surface area contributed by atoms with Gasteiger partial charge in [0.15, 0.2) is 0 Å². The number of benzene rings is 2. The monoisotopic (exact) mass is 770 g/mol.